The van der Waals surface area contributed by atoms with Gasteiger partial charge >= 0.3 is 6.03 Å². The smallest absolute Gasteiger partial charge is 0.312 e. The molecule has 0 unspecified atom stereocenters. The van der Waals surface area contributed by atoms with Crippen LogP contribution in [0.3, 0.4) is 0 Å². The van der Waals surface area contributed by atoms with Crippen LogP contribution in [0.25, 0.3) is 0 Å². The predicted octanol–water partition coefficient (Wildman–Crippen LogP) is 0.309. The van der Waals surface area contributed by atoms with Gasteiger partial charge in [-0.1, -0.05) is 6.07 Å². The minimum atomic E-state index is -0.576. The summed E-state index contributed by atoms with van der Waals surface area (Å²) in [6, 6.07) is 3.93. The number of nitrogens with one attached hydrogen (secondary N) is 1. The Labute approximate surface area is 81.2 Å². The van der Waals surface area contributed by atoms with Crippen molar-refractivity contribution < 1.29 is 15.0 Å². The topological polar surface area (TPSA) is 95.6 Å². The number of carbonyl (C=O) groups excluding carboxylic acids is 1. The fraction of sp³-hybridized carbons (Fsp3) is 0.222. The first-order valence-electron chi connectivity index (χ1n) is 4.14. The van der Waals surface area contributed by atoms with Crippen molar-refractivity contribution in [2.24, 2.45) is 5.73 Å². The van der Waals surface area contributed by atoms with Crippen molar-refractivity contribution in [2.75, 3.05) is 6.54 Å². The number of urea groups is 1. The highest BCUT2D eigenvalue weighted by Crippen LogP contribution is 2.24. The Morgan fingerprint density at radius 3 is 2.64 bits per heavy atom. The zero-order valence-electron chi connectivity index (χ0n) is 7.53. The van der Waals surface area contributed by atoms with Gasteiger partial charge in [-0.15, -0.1) is 0 Å². The molecule has 0 atom stereocenters. The molecule has 0 aliphatic heterocycles. The number of aromatic hydroxyl groups is 2. The van der Waals surface area contributed by atoms with Crippen molar-refractivity contribution in [3.05, 3.63) is 23.8 Å². The lowest BCUT2D eigenvalue weighted by molar-refractivity contribution is 0.249. The summed E-state index contributed by atoms with van der Waals surface area (Å²) in [5.41, 5.74) is 5.69. The van der Waals surface area contributed by atoms with Crippen molar-refractivity contribution in [1.82, 2.24) is 5.32 Å². The molecule has 0 bridgehead atoms. The summed E-state index contributed by atoms with van der Waals surface area (Å²) in [7, 11) is 0. The van der Waals surface area contributed by atoms with Gasteiger partial charge in [-0.2, -0.15) is 0 Å². The highest BCUT2D eigenvalue weighted by molar-refractivity contribution is 5.71. The molecule has 76 valence electrons. The van der Waals surface area contributed by atoms with Gasteiger partial charge in [-0.05, 0) is 24.1 Å². The molecule has 5 N–H and O–H groups in total. The van der Waals surface area contributed by atoms with Crippen LogP contribution in [0, 0.1) is 0 Å². The normalized spacial score (nSPS) is 9.71. The van der Waals surface area contributed by atoms with E-state index in [4.69, 9.17) is 15.9 Å². The molecule has 0 fully saturated rings. The van der Waals surface area contributed by atoms with Gasteiger partial charge < -0.3 is 21.3 Å². The number of nitrogens with two attached hydrogens (primary N) is 1. The summed E-state index contributed by atoms with van der Waals surface area (Å²) in [6.45, 7) is 0.402. The summed E-state index contributed by atoms with van der Waals surface area (Å²) >= 11 is 0. The zero-order chi connectivity index (χ0) is 10.6. The van der Waals surface area contributed by atoms with Crippen LogP contribution in [0.5, 0.6) is 11.5 Å². The van der Waals surface area contributed by atoms with E-state index in [0.29, 0.717) is 13.0 Å². The van der Waals surface area contributed by atoms with Crippen molar-refractivity contribution in [3.8, 4) is 11.5 Å². The molecule has 1 aromatic carbocycles. The molecule has 5 nitrogen and oxygen atoms in total. The molecule has 0 aliphatic carbocycles. The highest BCUT2D eigenvalue weighted by atomic mass is 16.3. The lowest BCUT2D eigenvalue weighted by Gasteiger charge is -2.03. The van der Waals surface area contributed by atoms with Gasteiger partial charge in [0.25, 0.3) is 0 Å². The van der Waals surface area contributed by atoms with Crippen molar-refractivity contribution in [3.63, 3.8) is 0 Å². The van der Waals surface area contributed by atoms with Crippen molar-refractivity contribution in [2.45, 2.75) is 6.42 Å². The van der Waals surface area contributed by atoms with E-state index in [1.54, 1.807) is 6.07 Å². The van der Waals surface area contributed by atoms with Crippen LogP contribution < -0.4 is 11.1 Å². The van der Waals surface area contributed by atoms with E-state index < -0.39 is 6.03 Å². The standard InChI is InChI=1S/C9H12N2O3/c10-9(14)11-4-3-6-1-2-7(12)8(13)5-6/h1-2,5,12-13H,3-4H2,(H3,10,11,14). The van der Waals surface area contributed by atoms with Gasteiger partial charge in [0.05, 0.1) is 0 Å². The van der Waals surface area contributed by atoms with Crippen molar-refractivity contribution >= 4 is 6.03 Å². The lowest BCUT2D eigenvalue weighted by atomic mass is 10.1. The number of hydrogen-bond donors (Lipinski definition) is 4. The Balaban J connectivity index is 2.51. The van der Waals surface area contributed by atoms with Gasteiger partial charge in [0, 0.05) is 6.54 Å². The molecular weight excluding hydrogens is 184 g/mol. The maximum atomic E-state index is 10.3. The third kappa shape index (κ3) is 2.85. The predicted molar refractivity (Wildman–Crippen MR) is 51.1 cm³/mol. The number of benzene rings is 1. The first-order chi connectivity index (χ1) is 6.59. The van der Waals surface area contributed by atoms with Crippen LogP contribution in [0.15, 0.2) is 18.2 Å². The average Bonchev–Trinajstić information content (AvgIpc) is 2.10. The Kier molecular flexibility index (Phi) is 3.17. The number of rotatable bonds is 3. The summed E-state index contributed by atoms with van der Waals surface area (Å²) < 4.78 is 0. The molecule has 5 heteroatoms. The van der Waals surface area contributed by atoms with Gasteiger partial charge in [-0.3, -0.25) is 0 Å². The van der Waals surface area contributed by atoms with E-state index in [1.807, 2.05) is 0 Å². The molecule has 0 saturated carbocycles. The number of amides is 2. The van der Waals surface area contributed by atoms with Crippen LogP contribution in [-0.4, -0.2) is 22.8 Å². The van der Waals surface area contributed by atoms with E-state index in [-0.39, 0.29) is 11.5 Å². The van der Waals surface area contributed by atoms with Crippen molar-refractivity contribution in [1.29, 1.82) is 0 Å². The lowest BCUT2D eigenvalue weighted by Crippen LogP contribution is -2.30. The molecule has 0 aromatic heterocycles. The van der Waals surface area contributed by atoms with Crippen LogP contribution >= 0.6 is 0 Å². The second-order valence-electron chi connectivity index (χ2n) is 2.86. The fourth-order valence-electron chi connectivity index (χ4n) is 1.05. The Morgan fingerprint density at radius 2 is 2.07 bits per heavy atom. The second kappa shape index (κ2) is 4.36. The second-order valence-corrected chi connectivity index (χ2v) is 2.86. The summed E-state index contributed by atoms with van der Waals surface area (Å²) in [5.74, 6) is -0.321. The Morgan fingerprint density at radius 1 is 1.36 bits per heavy atom. The minimum Gasteiger partial charge on any atom is -0.504 e. The van der Waals surface area contributed by atoms with Gasteiger partial charge in [0.1, 0.15) is 0 Å². The molecular formula is C9H12N2O3. The van der Waals surface area contributed by atoms with E-state index >= 15 is 0 Å². The van der Waals surface area contributed by atoms with Gasteiger partial charge in [0.15, 0.2) is 11.5 Å². The van der Waals surface area contributed by atoms with E-state index in [1.165, 1.54) is 12.1 Å². The molecule has 2 amide bonds. The highest BCUT2D eigenvalue weighted by Gasteiger charge is 2.00. The van der Waals surface area contributed by atoms with Gasteiger partial charge in [-0.25, -0.2) is 4.79 Å². The molecule has 14 heavy (non-hydrogen) atoms. The van der Waals surface area contributed by atoms with Crippen LogP contribution in [0.2, 0.25) is 0 Å². The first kappa shape index (κ1) is 10.2. The molecule has 0 spiro atoms. The minimum absolute atomic E-state index is 0.156. The largest absolute Gasteiger partial charge is 0.504 e. The number of hydrogen-bond acceptors (Lipinski definition) is 3. The van der Waals surface area contributed by atoms with Crippen LogP contribution in [0.1, 0.15) is 5.56 Å². The summed E-state index contributed by atoms with van der Waals surface area (Å²) in [6.07, 6.45) is 0.552. The number of phenolic OH excluding ortho intramolecular Hbond substituents is 2. The fourth-order valence-corrected chi connectivity index (χ4v) is 1.05. The number of primary amides is 1. The first-order valence-corrected chi connectivity index (χ1v) is 4.14. The third-order valence-corrected chi connectivity index (χ3v) is 1.75. The average molecular weight is 196 g/mol. The third-order valence-electron chi connectivity index (χ3n) is 1.75. The number of carbonyl (C=O) groups is 1. The molecule has 1 rings (SSSR count). The molecule has 1 aromatic rings. The Hall–Kier alpha value is -1.91. The molecule has 0 radical (unpaired) electrons. The number of phenols is 2. The van der Waals surface area contributed by atoms with Crippen LogP contribution in [0.4, 0.5) is 4.79 Å². The molecule has 0 aliphatic rings. The maximum absolute atomic E-state index is 10.3. The van der Waals surface area contributed by atoms with E-state index in [0.717, 1.165) is 5.56 Å². The van der Waals surface area contributed by atoms with Crippen LogP contribution in [-0.2, 0) is 6.42 Å². The van der Waals surface area contributed by atoms with E-state index in [2.05, 4.69) is 5.32 Å². The van der Waals surface area contributed by atoms with Gasteiger partial charge in [0.2, 0.25) is 0 Å². The summed E-state index contributed by atoms with van der Waals surface area (Å²) in [5, 5.41) is 20.6. The summed E-state index contributed by atoms with van der Waals surface area (Å²) in [4.78, 5) is 10.3. The SMILES string of the molecule is NC(=O)NCCc1ccc(O)c(O)c1. The quantitative estimate of drug-likeness (QED) is 0.524. The molecule has 0 saturated heterocycles. The zero-order valence-corrected chi connectivity index (χ0v) is 7.53. The monoisotopic (exact) mass is 196 g/mol. The van der Waals surface area contributed by atoms with E-state index in [9.17, 15) is 4.79 Å². The Bertz CT molecular complexity index is 339. The maximum Gasteiger partial charge on any atom is 0.312 e. The molecule has 0 heterocycles.